The van der Waals surface area contributed by atoms with E-state index in [1.165, 1.54) is 0 Å². The van der Waals surface area contributed by atoms with Gasteiger partial charge in [0.2, 0.25) is 0 Å². The third kappa shape index (κ3) is 3.02. The monoisotopic (exact) mass is 327 g/mol. The number of rotatable bonds is 4. The highest BCUT2D eigenvalue weighted by molar-refractivity contribution is 5.85. The number of pyridine rings is 2. The number of benzene rings is 2. The Morgan fingerprint density at radius 1 is 0.760 bits per heavy atom. The Kier molecular flexibility index (Phi) is 4.01. The van der Waals surface area contributed by atoms with Gasteiger partial charge in [0.1, 0.15) is 11.3 Å². The average molecular weight is 327 g/mol. The van der Waals surface area contributed by atoms with Gasteiger partial charge < -0.3 is 10.4 Å². The normalized spacial score (nSPS) is 12.0. The first kappa shape index (κ1) is 15.1. The van der Waals surface area contributed by atoms with Crippen LogP contribution in [-0.4, -0.2) is 15.1 Å². The summed E-state index contributed by atoms with van der Waals surface area (Å²) in [6.45, 7) is 0. The maximum absolute atomic E-state index is 10.8. The third-order valence-corrected chi connectivity index (χ3v) is 4.16. The molecule has 25 heavy (non-hydrogen) atoms. The third-order valence-electron chi connectivity index (χ3n) is 4.16. The Morgan fingerprint density at radius 3 is 2.36 bits per heavy atom. The SMILES string of the molecule is Oc1c([C@H](Nc2ccccc2)c2ccccn2)ccc2cccnc12. The van der Waals surface area contributed by atoms with Crippen molar-refractivity contribution in [3.05, 3.63) is 96.4 Å². The van der Waals surface area contributed by atoms with Crippen LogP contribution in [0.25, 0.3) is 10.9 Å². The molecule has 2 aromatic heterocycles. The van der Waals surface area contributed by atoms with Crippen molar-refractivity contribution in [1.29, 1.82) is 0 Å². The molecule has 122 valence electrons. The molecule has 0 aliphatic rings. The fourth-order valence-corrected chi connectivity index (χ4v) is 2.94. The predicted octanol–water partition coefficient (Wildman–Crippen LogP) is 4.54. The van der Waals surface area contributed by atoms with Crippen molar-refractivity contribution in [1.82, 2.24) is 9.97 Å². The first-order valence-electron chi connectivity index (χ1n) is 8.12. The van der Waals surface area contributed by atoms with Gasteiger partial charge in [-0.05, 0) is 30.3 Å². The second kappa shape index (κ2) is 6.61. The summed E-state index contributed by atoms with van der Waals surface area (Å²) < 4.78 is 0. The van der Waals surface area contributed by atoms with Crippen molar-refractivity contribution in [2.24, 2.45) is 0 Å². The van der Waals surface area contributed by atoms with Crippen LogP contribution in [0.5, 0.6) is 5.75 Å². The van der Waals surface area contributed by atoms with Gasteiger partial charge in [-0.25, -0.2) is 0 Å². The van der Waals surface area contributed by atoms with Crippen LogP contribution in [-0.2, 0) is 0 Å². The number of para-hydroxylation sites is 1. The maximum Gasteiger partial charge on any atom is 0.147 e. The molecule has 0 spiro atoms. The zero-order valence-electron chi connectivity index (χ0n) is 13.5. The topological polar surface area (TPSA) is 58.0 Å². The number of aromatic hydroxyl groups is 1. The van der Waals surface area contributed by atoms with Crippen LogP contribution in [0.4, 0.5) is 5.69 Å². The predicted molar refractivity (Wildman–Crippen MR) is 99.6 cm³/mol. The number of hydrogen-bond acceptors (Lipinski definition) is 4. The van der Waals surface area contributed by atoms with Gasteiger partial charge in [0.25, 0.3) is 0 Å². The Morgan fingerprint density at radius 2 is 1.56 bits per heavy atom. The van der Waals surface area contributed by atoms with Crippen LogP contribution in [0.2, 0.25) is 0 Å². The van der Waals surface area contributed by atoms with Crippen LogP contribution >= 0.6 is 0 Å². The summed E-state index contributed by atoms with van der Waals surface area (Å²) in [7, 11) is 0. The van der Waals surface area contributed by atoms with Crippen molar-refractivity contribution in [3.8, 4) is 5.75 Å². The van der Waals surface area contributed by atoms with Crippen molar-refractivity contribution >= 4 is 16.6 Å². The van der Waals surface area contributed by atoms with Crippen LogP contribution in [0, 0.1) is 0 Å². The van der Waals surface area contributed by atoms with E-state index in [-0.39, 0.29) is 11.8 Å². The first-order chi connectivity index (χ1) is 12.3. The second-order valence-electron chi connectivity index (χ2n) is 5.78. The highest BCUT2D eigenvalue weighted by atomic mass is 16.3. The molecular weight excluding hydrogens is 310 g/mol. The van der Waals surface area contributed by atoms with E-state index in [9.17, 15) is 5.11 Å². The molecule has 0 unspecified atom stereocenters. The van der Waals surface area contributed by atoms with E-state index in [0.29, 0.717) is 5.52 Å². The lowest BCUT2D eigenvalue weighted by molar-refractivity contribution is 0.471. The van der Waals surface area contributed by atoms with Crippen molar-refractivity contribution in [2.45, 2.75) is 6.04 Å². The lowest BCUT2D eigenvalue weighted by Crippen LogP contribution is -2.14. The van der Waals surface area contributed by atoms with Crippen molar-refractivity contribution in [2.75, 3.05) is 5.32 Å². The summed E-state index contributed by atoms with van der Waals surface area (Å²) in [6, 6.07) is 23.1. The lowest BCUT2D eigenvalue weighted by Gasteiger charge is -2.21. The average Bonchev–Trinajstić information content (AvgIpc) is 2.69. The molecule has 0 aliphatic heterocycles. The van der Waals surface area contributed by atoms with Crippen LogP contribution in [0.15, 0.2) is 85.2 Å². The fourth-order valence-electron chi connectivity index (χ4n) is 2.94. The summed E-state index contributed by atoms with van der Waals surface area (Å²) in [6.07, 6.45) is 3.44. The number of fused-ring (bicyclic) bond motifs is 1. The Hall–Kier alpha value is -3.40. The largest absolute Gasteiger partial charge is 0.505 e. The molecule has 4 nitrogen and oxygen atoms in total. The van der Waals surface area contributed by atoms with Gasteiger partial charge in [-0.2, -0.15) is 0 Å². The molecule has 0 radical (unpaired) electrons. The van der Waals surface area contributed by atoms with Gasteiger partial charge in [-0.15, -0.1) is 0 Å². The van der Waals surface area contributed by atoms with Crippen molar-refractivity contribution < 1.29 is 5.11 Å². The van der Waals surface area contributed by atoms with E-state index in [0.717, 1.165) is 22.3 Å². The molecule has 0 amide bonds. The Balaban J connectivity index is 1.85. The summed E-state index contributed by atoms with van der Waals surface area (Å²) in [5.74, 6) is 0.178. The fraction of sp³-hybridized carbons (Fsp3) is 0.0476. The molecule has 2 aromatic carbocycles. The molecule has 4 heteroatoms. The van der Waals surface area contributed by atoms with Gasteiger partial charge in [0.15, 0.2) is 0 Å². The number of hydrogen-bond donors (Lipinski definition) is 2. The van der Waals surface area contributed by atoms with Gasteiger partial charge in [-0.3, -0.25) is 9.97 Å². The molecule has 0 fully saturated rings. The number of nitrogens with one attached hydrogen (secondary N) is 1. The minimum Gasteiger partial charge on any atom is -0.505 e. The minimum atomic E-state index is -0.282. The standard InChI is InChI=1S/C21H17N3O/c25-21-17(12-11-15-7-6-14-23-19(15)21)20(18-10-4-5-13-22-18)24-16-8-2-1-3-9-16/h1-14,20,24-25H/t20-/m0/s1. The Labute approximate surface area is 145 Å². The summed E-state index contributed by atoms with van der Waals surface area (Å²) >= 11 is 0. The maximum atomic E-state index is 10.8. The van der Waals surface area contributed by atoms with Crippen molar-refractivity contribution in [3.63, 3.8) is 0 Å². The van der Waals surface area contributed by atoms with Crippen LogP contribution in [0.3, 0.4) is 0 Å². The summed E-state index contributed by atoms with van der Waals surface area (Å²) in [5, 5.41) is 15.2. The van der Waals surface area contributed by atoms with Gasteiger partial charge in [0, 0.05) is 29.0 Å². The molecule has 0 saturated heterocycles. The molecular formula is C21H17N3O. The number of phenols is 1. The number of nitrogens with zero attached hydrogens (tertiary/aromatic N) is 2. The quantitative estimate of drug-likeness (QED) is 0.578. The van der Waals surface area contributed by atoms with E-state index in [2.05, 4.69) is 15.3 Å². The van der Waals surface area contributed by atoms with Crippen LogP contribution < -0.4 is 5.32 Å². The first-order valence-corrected chi connectivity index (χ1v) is 8.12. The van der Waals surface area contributed by atoms with E-state index >= 15 is 0 Å². The zero-order valence-corrected chi connectivity index (χ0v) is 13.5. The highest BCUT2D eigenvalue weighted by Gasteiger charge is 2.20. The molecule has 2 N–H and O–H groups in total. The second-order valence-corrected chi connectivity index (χ2v) is 5.78. The van der Waals surface area contributed by atoms with E-state index in [4.69, 9.17) is 0 Å². The molecule has 1 atom stereocenters. The zero-order chi connectivity index (χ0) is 17.1. The summed E-state index contributed by atoms with van der Waals surface area (Å²) in [5.41, 5.74) is 3.13. The van der Waals surface area contributed by atoms with E-state index in [1.807, 2.05) is 72.8 Å². The minimum absolute atomic E-state index is 0.178. The highest BCUT2D eigenvalue weighted by Crippen LogP contribution is 2.35. The number of phenolic OH excluding ortho intramolecular Hbond substituents is 1. The van der Waals surface area contributed by atoms with Crippen LogP contribution in [0.1, 0.15) is 17.3 Å². The number of anilines is 1. The Bertz CT molecular complexity index is 988. The van der Waals surface area contributed by atoms with Gasteiger partial charge in [0.05, 0.1) is 11.7 Å². The molecule has 4 aromatic rings. The molecule has 0 aliphatic carbocycles. The molecule has 0 bridgehead atoms. The smallest absolute Gasteiger partial charge is 0.147 e. The molecule has 2 heterocycles. The lowest BCUT2D eigenvalue weighted by atomic mass is 9.99. The van der Waals surface area contributed by atoms with Gasteiger partial charge >= 0.3 is 0 Å². The molecule has 0 saturated carbocycles. The van der Waals surface area contributed by atoms with E-state index < -0.39 is 0 Å². The van der Waals surface area contributed by atoms with Gasteiger partial charge in [-0.1, -0.05) is 42.5 Å². The number of aromatic nitrogens is 2. The van der Waals surface area contributed by atoms with E-state index in [1.54, 1.807) is 12.4 Å². The molecule has 4 rings (SSSR count). The summed E-state index contributed by atoms with van der Waals surface area (Å²) in [4.78, 5) is 8.81.